The molecule has 1 aliphatic heterocycles. The van der Waals surface area contributed by atoms with Crippen molar-refractivity contribution in [3.05, 3.63) is 132 Å². The fourth-order valence-corrected chi connectivity index (χ4v) is 6.60. The third-order valence-corrected chi connectivity index (χ3v) is 9.99. The summed E-state index contributed by atoms with van der Waals surface area (Å²) in [6.07, 6.45) is 0.929. The maximum Gasteiger partial charge on any atom is 0.494 e. The molecule has 1 fully saturated rings. The van der Waals surface area contributed by atoms with Crippen LogP contribution in [0.3, 0.4) is 0 Å². The quantitative estimate of drug-likeness (QED) is 0.146. The van der Waals surface area contributed by atoms with Crippen LogP contribution in [0.15, 0.2) is 115 Å². The molecule has 45 heavy (non-hydrogen) atoms. The molecule has 2 aliphatic rings. The number of carbonyl (C=O) groups excluding carboxylic acids is 1. The van der Waals surface area contributed by atoms with Crippen LogP contribution in [0.1, 0.15) is 63.0 Å². The van der Waals surface area contributed by atoms with Gasteiger partial charge in [-0.25, -0.2) is 0 Å². The van der Waals surface area contributed by atoms with E-state index in [2.05, 4.69) is 144 Å². The molecule has 7 rings (SSSR count). The van der Waals surface area contributed by atoms with Crippen molar-refractivity contribution in [1.82, 2.24) is 0 Å². The third kappa shape index (κ3) is 4.91. The Hall–Kier alpha value is -4.45. The molecule has 0 radical (unpaired) electrons. The molecule has 1 aliphatic carbocycles. The second kappa shape index (κ2) is 10.6. The highest BCUT2D eigenvalue weighted by molar-refractivity contribution is 6.62. The van der Waals surface area contributed by atoms with Crippen molar-refractivity contribution in [3.8, 4) is 22.3 Å². The van der Waals surface area contributed by atoms with Crippen LogP contribution in [-0.2, 0) is 14.7 Å². The van der Waals surface area contributed by atoms with Crippen LogP contribution in [0.5, 0.6) is 0 Å². The maximum absolute atomic E-state index is 11.6. The maximum atomic E-state index is 11.6. The normalized spacial score (nSPS) is 17.1. The first kappa shape index (κ1) is 29.3. The number of fused-ring (bicyclic) bond motifs is 3. The van der Waals surface area contributed by atoms with Crippen molar-refractivity contribution in [3.63, 3.8) is 0 Å². The highest BCUT2D eigenvalue weighted by Crippen LogP contribution is 2.51. The van der Waals surface area contributed by atoms with Crippen LogP contribution in [0.25, 0.3) is 22.3 Å². The monoisotopic (exact) mass is 591 g/mol. The zero-order valence-electron chi connectivity index (χ0n) is 26.8. The fourth-order valence-electron chi connectivity index (χ4n) is 6.60. The molecule has 0 spiro atoms. The lowest BCUT2D eigenvalue weighted by Crippen LogP contribution is -2.41. The van der Waals surface area contributed by atoms with Crippen LogP contribution < -0.4 is 10.4 Å². The summed E-state index contributed by atoms with van der Waals surface area (Å²) >= 11 is 0. The number of nitrogens with zero attached hydrogens (tertiary/aromatic N) is 1. The smallest absolute Gasteiger partial charge is 0.399 e. The summed E-state index contributed by atoms with van der Waals surface area (Å²) in [6, 6.07) is 40.5. The topological polar surface area (TPSA) is 38.8 Å². The molecule has 0 N–H and O–H groups in total. The predicted octanol–water partition coefficient (Wildman–Crippen LogP) is 9.24. The summed E-state index contributed by atoms with van der Waals surface area (Å²) in [7, 11) is -0.418. The molecule has 0 amide bonds. The average Bonchev–Trinajstić information content (AvgIpc) is 3.41. The van der Waals surface area contributed by atoms with Gasteiger partial charge in [0.1, 0.15) is 6.29 Å². The second-order valence-corrected chi connectivity index (χ2v) is 13.7. The van der Waals surface area contributed by atoms with Gasteiger partial charge in [0.25, 0.3) is 0 Å². The third-order valence-electron chi connectivity index (χ3n) is 9.99. The summed E-state index contributed by atoms with van der Waals surface area (Å²) < 4.78 is 12.7. The van der Waals surface area contributed by atoms with Crippen LogP contribution in [-0.4, -0.2) is 24.6 Å². The lowest BCUT2D eigenvalue weighted by molar-refractivity contribution is 0.00578. The standard InChI is InChI=1S/C40H38BNO3/c1-38(2)36-24-27(26-43)12-22-34(36)35-23-21-33(25-37(35)38)42(31-17-13-29(14-18-31)28-10-8-7-9-11-28)32-19-15-30(16-20-32)41-44-39(3,4)40(5,6)45-41/h7-26H,1-6H3. The van der Waals surface area contributed by atoms with E-state index >= 15 is 0 Å². The van der Waals surface area contributed by atoms with Crippen molar-refractivity contribution in [2.24, 2.45) is 0 Å². The summed E-state index contributed by atoms with van der Waals surface area (Å²) in [6.45, 7) is 12.8. The Balaban J connectivity index is 1.30. The fraction of sp³-hybridized carbons (Fsp3) is 0.225. The van der Waals surface area contributed by atoms with Gasteiger partial charge in [-0.2, -0.15) is 0 Å². The van der Waals surface area contributed by atoms with Crippen molar-refractivity contribution in [2.75, 3.05) is 4.90 Å². The van der Waals surface area contributed by atoms with Gasteiger partial charge in [0, 0.05) is 28.0 Å². The molecule has 1 saturated heterocycles. The minimum atomic E-state index is -0.418. The summed E-state index contributed by atoms with van der Waals surface area (Å²) in [4.78, 5) is 13.9. The molecule has 5 aromatic rings. The molecule has 4 nitrogen and oxygen atoms in total. The minimum absolute atomic E-state index is 0.247. The lowest BCUT2D eigenvalue weighted by Gasteiger charge is -2.32. The Morgan fingerprint density at radius 3 is 1.69 bits per heavy atom. The largest absolute Gasteiger partial charge is 0.494 e. The molecule has 0 atom stereocenters. The van der Waals surface area contributed by atoms with Crippen LogP contribution in [0, 0.1) is 0 Å². The number of carbonyl (C=O) groups is 1. The first-order valence-corrected chi connectivity index (χ1v) is 15.6. The van der Waals surface area contributed by atoms with Gasteiger partial charge in [0.2, 0.25) is 0 Å². The van der Waals surface area contributed by atoms with Crippen LogP contribution in [0.2, 0.25) is 0 Å². The molecule has 0 saturated carbocycles. The zero-order valence-corrected chi connectivity index (χ0v) is 26.8. The zero-order chi connectivity index (χ0) is 31.6. The van der Waals surface area contributed by atoms with Gasteiger partial charge in [-0.15, -0.1) is 0 Å². The number of benzene rings is 5. The predicted molar refractivity (Wildman–Crippen MR) is 185 cm³/mol. The summed E-state index contributed by atoms with van der Waals surface area (Å²) in [5.74, 6) is 0. The molecule has 0 unspecified atom stereocenters. The Morgan fingerprint density at radius 2 is 1.09 bits per heavy atom. The van der Waals surface area contributed by atoms with E-state index in [1.54, 1.807) is 0 Å². The Morgan fingerprint density at radius 1 is 0.578 bits per heavy atom. The van der Waals surface area contributed by atoms with E-state index in [1.165, 1.54) is 33.4 Å². The molecule has 224 valence electrons. The van der Waals surface area contributed by atoms with E-state index in [-0.39, 0.29) is 5.41 Å². The first-order chi connectivity index (χ1) is 21.5. The van der Waals surface area contributed by atoms with E-state index in [9.17, 15) is 4.79 Å². The highest BCUT2D eigenvalue weighted by atomic mass is 16.7. The van der Waals surface area contributed by atoms with E-state index in [4.69, 9.17) is 9.31 Å². The number of aldehydes is 1. The Kier molecular flexibility index (Phi) is 6.88. The number of rotatable bonds is 6. The molecular weight excluding hydrogens is 553 g/mol. The Bertz CT molecular complexity index is 1880. The van der Waals surface area contributed by atoms with E-state index in [0.29, 0.717) is 5.56 Å². The highest BCUT2D eigenvalue weighted by Gasteiger charge is 2.51. The van der Waals surface area contributed by atoms with Gasteiger partial charge < -0.3 is 14.2 Å². The van der Waals surface area contributed by atoms with Crippen molar-refractivity contribution in [1.29, 1.82) is 0 Å². The number of anilines is 3. The van der Waals surface area contributed by atoms with Crippen molar-refractivity contribution in [2.45, 2.75) is 58.2 Å². The van der Waals surface area contributed by atoms with Gasteiger partial charge in [0.05, 0.1) is 11.2 Å². The molecular formula is C40H38BNO3. The molecule has 1 heterocycles. The number of hydrogen-bond donors (Lipinski definition) is 0. The molecule has 0 bridgehead atoms. The molecule has 0 aromatic heterocycles. The van der Waals surface area contributed by atoms with Gasteiger partial charge in [-0.1, -0.05) is 86.6 Å². The van der Waals surface area contributed by atoms with Crippen molar-refractivity contribution < 1.29 is 14.1 Å². The minimum Gasteiger partial charge on any atom is -0.399 e. The SMILES string of the molecule is CC1(C)c2cc(C=O)ccc2-c2ccc(N(c3ccc(B4OC(C)(C)C(C)(C)O4)cc3)c3ccc(-c4ccccc4)cc3)cc21. The summed E-state index contributed by atoms with van der Waals surface area (Å²) in [5.41, 5.74) is 11.0. The van der Waals surface area contributed by atoms with E-state index in [0.717, 1.165) is 28.8 Å². The van der Waals surface area contributed by atoms with Gasteiger partial charge in [-0.3, -0.25) is 4.79 Å². The first-order valence-electron chi connectivity index (χ1n) is 15.6. The van der Waals surface area contributed by atoms with Crippen LogP contribution >= 0.6 is 0 Å². The lowest BCUT2D eigenvalue weighted by atomic mass is 9.79. The van der Waals surface area contributed by atoms with E-state index < -0.39 is 18.3 Å². The van der Waals surface area contributed by atoms with Gasteiger partial charge >= 0.3 is 7.12 Å². The molecule has 5 aromatic carbocycles. The second-order valence-electron chi connectivity index (χ2n) is 13.7. The van der Waals surface area contributed by atoms with Crippen molar-refractivity contribution >= 4 is 35.9 Å². The van der Waals surface area contributed by atoms with Gasteiger partial charge in [0.15, 0.2) is 0 Å². The Labute approximate surface area is 266 Å². The molecule has 5 heteroatoms. The number of hydrogen-bond acceptors (Lipinski definition) is 4. The van der Waals surface area contributed by atoms with E-state index in [1.807, 2.05) is 18.2 Å². The van der Waals surface area contributed by atoms with Gasteiger partial charge in [-0.05, 0) is 109 Å². The van der Waals surface area contributed by atoms with Crippen LogP contribution in [0.4, 0.5) is 17.1 Å². The average molecular weight is 592 g/mol. The summed E-state index contributed by atoms with van der Waals surface area (Å²) in [5, 5.41) is 0.